The number of aliphatic imine (C=N–C) groups is 1. The second kappa shape index (κ2) is 9.29. The summed E-state index contributed by atoms with van der Waals surface area (Å²) in [6, 6.07) is 0. The lowest BCUT2D eigenvalue weighted by molar-refractivity contribution is 0.0186. The molecule has 124 valence electrons. The number of carbonyl (C=O) groups excluding carboxylic acids is 1. The Labute approximate surface area is 143 Å². The van der Waals surface area contributed by atoms with E-state index in [-0.39, 0.29) is 36.7 Å². The monoisotopic (exact) mass is 414 g/mol. The van der Waals surface area contributed by atoms with Crippen LogP contribution in [0.1, 0.15) is 27.2 Å². The van der Waals surface area contributed by atoms with E-state index in [1.165, 1.54) is 0 Å². The molecule has 21 heavy (non-hydrogen) atoms. The van der Waals surface area contributed by atoms with Crippen LogP contribution in [0, 0.1) is 0 Å². The first-order valence-corrected chi connectivity index (χ1v) is 6.97. The molecule has 1 amide bonds. The van der Waals surface area contributed by atoms with Crippen molar-refractivity contribution in [2.45, 2.75) is 32.8 Å². The van der Waals surface area contributed by atoms with E-state index in [0.717, 1.165) is 0 Å². The van der Waals surface area contributed by atoms with Gasteiger partial charge in [0.15, 0.2) is 5.96 Å². The Morgan fingerprint density at radius 2 is 1.76 bits per heavy atom. The van der Waals surface area contributed by atoms with E-state index in [9.17, 15) is 4.79 Å². The molecule has 3 N–H and O–H groups in total. The highest BCUT2D eigenvalue weighted by Gasteiger charge is 2.26. The van der Waals surface area contributed by atoms with Gasteiger partial charge < -0.3 is 25.4 Å². The molecule has 1 fully saturated rings. The van der Waals surface area contributed by atoms with Crippen LogP contribution in [-0.4, -0.2) is 71.9 Å². The Balaban J connectivity index is 0.00000400. The summed E-state index contributed by atoms with van der Waals surface area (Å²) in [6.45, 7) is 8.64. The SMILES string of the molecule is CC(C)(C)OC(=O)N1CCN(C(N)=NCCCO)CC1.I. The highest BCUT2D eigenvalue weighted by atomic mass is 127. The van der Waals surface area contributed by atoms with Gasteiger partial charge in [0.25, 0.3) is 0 Å². The summed E-state index contributed by atoms with van der Waals surface area (Å²) < 4.78 is 5.33. The normalized spacial score (nSPS) is 16.5. The summed E-state index contributed by atoms with van der Waals surface area (Å²) in [5.74, 6) is 0.474. The number of ether oxygens (including phenoxy) is 1. The Bertz CT molecular complexity index is 350. The van der Waals surface area contributed by atoms with Gasteiger partial charge in [0.05, 0.1) is 0 Å². The van der Waals surface area contributed by atoms with Gasteiger partial charge in [0, 0.05) is 39.3 Å². The molecular formula is C13H27IN4O3. The molecule has 0 aromatic heterocycles. The van der Waals surface area contributed by atoms with Gasteiger partial charge in [-0.15, -0.1) is 24.0 Å². The van der Waals surface area contributed by atoms with Crippen molar-refractivity contribution in [1.29, 1.82) is 0 Å². The molecule has 0 bridgehead atoms. The van der Waals surface area contributed by atoms with Crippen molar-refractivity contribution in [1.82, 2.24) is 9.80 Å². The quantitative estimate of drug-likeness (QED) is 0.309. The Hall–Kier alpha value is -0.770. The standard InChI is InChI=1S/C13H26N4O3.HI/c1-13(2,3)20-12(19)17-8-6-16(7-9-17)11(14)15-5-4-10-18;/h18H,4-10H2,1-3H3,(H2,14,15);1H. The highest BCUT2D eigenvalue weighted by Crippen LogP contribution is 2.11. The van der Waals surface area contributed by atoms with Crippen LogP contribution in [0.4, 0.5) is 4.79 Å². The van der Waals surface area contributed by atoms with Gasteiger partial charge in [0.2, 0.25) is 0 Å². The zero-order chi connectivity index (χ0) is 15.2. The number of nitrogens with two attached hydrogens (primary N) is 1. The van der Waals surface area contributed by atoms with E-state index in [1.54, 1.807) is 4.90 Å². The molecule has 0 saturated carbocycles. The lowest BCUT2D eigenvalue weighted by Crippen LogP contribution is -2.53. The van der Waals surface area contributed by atoms with Crippen LogP contribution < -0.4 is 5.73 Å². The number of rotatable bonds is 3. The highest BCUT2D eigenvalue weighted by molar-refractivity contribution is 14.0. The van der Waals surface area contributed by atoms with Crippen LogP contribution in [0.2, 0.25) is 0 Å². The molecular weight excluding hydrogens is 387 g/mol. The maximum Gasteiger partial charge on any atom is 0.410 e. The molecule has 0 unspecified atom stereocenters. The maximum absolute atomic E-state index is 11.9. The number of halogens is 1. The Morgan fingerprint density at radius 1 is 1.24 bits per heavy atom. The third-order valence-corrected chi connectivity index (χ3v) is 2.85. The van der Waals surface area contributed by atoms with Crippen LogP contribution in [0.25, 0.3) is 0 Å². The summed E-state index contributed by atoms with van der Waals surface area (Å²) in [4.78, 5) is 19.7. The van der Waals surface area contributed by atoms with E-state index in [1.807, 2.05) is 25.7 Å². The van der Waals surface area contributed by atoms with Crippen LogP contribution in [-0.2, 0) is 4.74 Å². The summed E-state index contributed by atoms with van der Waals surface area (Å²) >= 11 is 0. The lowest BCUT2D eigenvalue weighted by Gasteiger charge is -2.36. The number of hydrogen-bond donors (Lipinski definition) is 2. The number of aliphatic hydroxyl groups excluding tert-OH is 1. The molecule has 1 saturated heterocycles. The largest absolute Gasteiger partial charge is 0.444 e. The maximum atomic E-state index is 11.9. The first-order valence-electron chi connectivity index (χ1n) is 6.97. The van der Waals surface area contributed by atoms with Crippen molar-refractivity contribution in [3.63, 3.8) is 0 Å². The topological polar surface area (TPSA) is 91.4 Å². The van der Waals surface area contributed by atoms with Crippen LogP contribution in [0.3, 0.4) is 0 Å². The lowest BCUT2D eigenvalue weighted by atomic mass is 10.2. The predicted molar refractivity (Wildman–Crippen MR) is 93.0 cm³/mol. The van der Waals surface area contributed by atoms with Gasteiger partial charge in [-0.05, 0) is 27.2 Å². The van der Waals surface area contributed by atoms with Crippen molar-refractivity contribution in [2.24, 2.45) is 10.7 Å². The smallest absolute Gasteiger partial charge is 0.410 e. The minimum atomic E-state index is -0.473. The third-order valence-electron chi connectivity index (χ3n) is 2.85. The number of guanidine groups is 1. The van der Waals surface area contributed by atoms with E-state index in [0.29, 0.717) is 45.1 Å². The number of hydrogen-bond acceptors (Lipinski definition) is 4. The molecule has 1 rings (SSSR count). The third kappa shape index (κ3) is 7.70. The fourth-order valence-corrected chi connectivity index (χ4v) is 1.81. The molecule has 0 radical (unpaired) electrons. The number of aliphatic hydroxyl groups is 1. The minimum absolute atomic E-state index is 0. The van der Waals surface area contributed by atoms with Gasteiger partial charge in [0.1, 0.15) is 5.60 Å². The van der Waals surface area contributed by atoms with Crippen molar-refractivity contribution < 1.29 is 14.6 Å². The summed E-state index contributed by atoms with van der Waals surface area (Å²) in [7, 11) is 0. The molecule has 0 atom stereocenters. The van der Waals surface area contributed by atoms with E-state index >= 15 is 0 Å². The fraction of sp³-hybridized carbons (Fsp3) is 0.846. The predicted octanol–water partition coefficient (Wildman–Crippen LogP) is 0.854. The van der Waals surface area contributed by atoms with Gasteiger partial charge >= 0.3 is 6.09 Å². The minimum Gasteiger partial charge on any atom is -0.444 e. The van der Waals surface area contributed by atoms with E-state index < -0.39 is 5.60 Å². The zero-order valence-electron chi connectivity index (χ0n) is 13.0. The number of amides is 1. The second-order valence-electron chi connectivity index (χ2n) is 5.77. The first-order chi connectivity index (χ1) is 9.33. The molecule has 8 heteroatoms. The van der Waals surface area contributed by atoms with Crippen molar-refractivity contribution in [3.05, 3.63) is 0 Å². The Morgan fingerprint density at radius 3 is 2.24 bits per heavy atom. The molecule has 0 aromatic carbocycles. The summed E-state index contributed by atoms with van der Waals surface area (Å²) in [5, 5.41) is 8.70. The van der Waals surface area contributed by atoms with Crippen molar-refractivity contribution in [2.75, 3.05) is 39.3 Å². The average Bonchev–Trinajstić information content (AvgIpc) is 2.37. The molecule has 1 aliphatic rings. The zero-order valence-corrected chi connectivity index (χ0v) is 15.4. The average molecular weight is 414 g/mol. The first kappa shape index (κ1) is 20.2. The summed E-state index contributed by atoms with van der Waals surface area (Å²) in [5.41, 5.74) is 5.40. The number of piperazine rings is 1. The molecule has 0 aromatic rings. The number of carbonyl (C=O) groups is 1. The Kier molecular flexibility index (Phi) is 8.95. The molecule has 1 heterocycles. The van der Waals surface area contributed by atoms with Gasteiger partial charge in [-0.25, -0.2) is 4.79 Å². The van der Waals surface area contributed by atoms with Crippen LogP contribution >= 0.6 is 24.0 Å². The fourth-order valence-electron chi connectivity index (χ4n) is 1.81. The number of nitrogens with zero attached hydrogens (tertiary/aromatic N) is 3. The molecule has 0 aliphatic carbocycles. The van der Waals surface area contributed by atoms with Crippen LogP contribution in [0.5, 0.6) is 0 Å². The molecule has 0 spiro atoms. The van der Waals surface area contributed by atoms with Gasteiger partial charge in [-0.2, -0.15) is 0 Å². The van der Waals surface area contributed by atoms with Crippen LogP contribution in [0.15, 0.2) is 4.99 Å². The van der Waals surface area contributed by atoms with E-state index in [4.69, 9.17) is 15.6 Å². The summed E-state index contributed by atoms with van der Waals surface area (Å²) in [6.07, 6.45) is 0.325. The second-order valence-corrected chi connectivity index (χ2v) is 5.77. The van der Waals surface area contributed by atoms with Gasteiger partial charge in [-0.1, -0.05) is 0 Å². The van der Waals surface area contributed by atoms with Gasteiger partial charge in [-0.3, -0.25) is 4.99 Å². The van der Waals surface area contributed by atoms with E-state index in [2.05, 4.69) is 4.99 Å². The van der Waals surface area contributed by atoms with Crippen molar-refractivity contribution in [3.8, 4) is 0 Å². The molecule has 7 nitrogen and oxygen atoms in total. The van der Waals surface area contributed by atoms with Crippen molar-refractivity contribution >= 4 is 36.0 Å². The molecule has 1 aliphatic heterocycles.